The van der Waals surface area contributed by atoms with Crippen LogP contribution in [0.2, 0.25) is 0 Å². The second-order valence-corrected chi connectivity index (χ2v) is 8.00. The lowest BCUT2D eigenvalue weighted by Crippen LogP contribution is -2.34. The van der Waals surface area contributed by atoms with E-state index in [-0.39, 0.29) is 11.9 Å². The molecule has 1 N–H and O–H groups in total. The highest BCUT2D eigenvalue weighted by Crippen LogP contribution is 2.25. The fourth-order valence-electron chi connectivity index (χ4n) is 4.00. The molecule has 29 heavy (non-hydrogen) atoms. The zero-order valence-electron chi connectivity index (χ0n) is 17.8. The maximum Gasteiger partial charge on any atom is 0.251 e. The van der Waals surface area contributed by atoms with E-state index >= 15 is 0 Å². The summed E-state index contributed by atoms with van der Waals surface area (Å²) in [6, 6.07) is 14.0. The second kappa shape index (κ2) is 9.64. The molecule has 2 aromatic rings. The summed E-state index contributed by atoms with van der Waals surface area (Å²) in [5.41, 5.74) is 3.96. The zero-order chi connectivity index (χ0) is 20.8. The number of rotatable bonds is 7. The molecule has 1 amide bonds. The third-order valence-electron chi connectivity index (χ3n) is 5.67. The van der Waals surface area contributed by atoms with Gasteiger partial charge in [-0.25, -0.2) is 0 Å². The van der Waals surface area contributed by atoms with E-state index in [4.69, 9.17) is 4.74 Å². The summed E-state index contributed by atoms with van der Waals surface area (Å²) in [6.07, 6.45) is 5.05. The third-order valence-corrected chi connectivity index (χ3v) is 5.67. The van der Waals surface area contributed by atoms with Gasteiger partial charge in [-0.15, -0.1) is 6.58 Å². The lowest BCUT2D eigenvalue weighted by Gasteiger charge is -2.33. The molecule has 154 valence electrons. The molecule has 3 rings (SSSR count). The number of amides is 1. The van der Waals surface area contributed by atoms with Crippen molar-refractivity contribution in [2.24, 2.45) is 5.92 Å². The molecule has 1 heterocycles. The summed E-state index contributed by atoms with van der Waals surface area (Å²) >= 11 is 0. The zero-order valence-corrected chi connectivity index (χ0v) is 17.8. The van der Waals surface area contributed by atoms with Gasteiger partial charge in [-0.2, -0.15) is 0 Å². The number of nitrogens with one attached hydrogen (secondary N) is 1. The smallest absolute Gasteiger partial charge is 0.251 e. The summed E-state index contributed by atoms with van der Waals surface area (Å²) in [5, 5.41) is 3.11. The van der Waals surface area contributed by atoms with Crippen LogP contribution >= 0.6 is 0 Å². The summed E-state index contributed by atoms with van der Waals surface area (Å²) in [7, 11) is 1.64. The predicted molar refractivity (Wildman–Crippen MR) is 120 cm³/mol. The van der Waals surface area contributed by atoms with Crippen molar-refractivity contribution in [1.82, 2.24) is 5.32 Å². The van der Waals surface area contributed by atoms with Crippen LogP contribution in [0.3, 0.4) is 0 Å². The van der Waals surface area contributed by atoms with E-state index in [0.29, 0.717) is 12.0 Å². The fraction of sp³-hybridized carbons (Fsp3) is 0.400. The summed E-state index contributed by atoms with van der Waals surface area (Å²) in [6.45, 7) is 10.4. The Bertz CT molecular complexity index is 844. The van der Waals surface area contributed by atoms with E-state index in [1.807, 2.05) is 25.1 Å². The monoisotopic (exact) mass is 392 g/mol. The Morgan fingerprint density at radius 3 is 2.72 bits per heavy atom. The molecular weight excluding hydrogens is 360 g/mol. The van der Waals surface area contributed by atoms with Gasteiger partial charge < -0.3 is 15.0 Å². The summed E-state index contributed by atoms with van der Waals surface area (Å²) < 4.78 is 5.37. The molecule has 2 aromatic carbocycles. The molecule has 1 aliphatic rings. The van der Waals surface area contributed by atoms with Crippen LogP contribution in [0, 0.1) is 5.92 Å². The molecule has 0 aromatic heterocycles. The maximum atomic E-state index is 12.7. The van der Waals surface area contributed by atoms with Crippen LogP contribution in [0.1, 0.15) is 54.2 Å². The number of piperidine rings is 1. The Hall–Kier alpha value is -2.75. The van der Waals surface area contributed by atoms with Crippen molar-refractivity contribution in [3.05, 3.63) is 71.8 Å². The molecule has 1 fully saturated rings. The van der Waals surface area contributed by atoms with Crippen LogP contribution in [-0.4, -0.2) is 26.1 Å². The van der Waals surface area contributed by atoms with Crippen LogP contribution in [0.25, 0.3) is 0 Å². The standard InChI is InChI=1S/C25H32N2O2/c1-5-7-21-16-22(11-14-24(21)29-4)25(28)26-19(3)20-9-12-23(13-10-20)27-15-6-8-18(2)17-27/h5,9-14,16,18-19H,1,6-8,15,17H2,2-4H3,(H,26,28)/t18-,19+/m1/s1. The van der Waals surface area contributed by atoms with Crippen molar-refractivity contribution in [2.75, 3.05) is 25.1 Å². The second-order valence-electron chi connectivity index (χ2n) is 8.00. The maximum absolute atomic E-state index is 12.7. The number of benzene rings is 2. The first kappa shape index (κ1) is 21.0. The average Bonchev–Trinajstić information content (AvgIpc) is 2.74. The molecule has 2 atom stereocenters. The van der Waals surface area contributed by atoms with E-state index in [0.717, 1.165) is 35.9 Å². The van der Waals surface area contributed by atoms with E-state index in [1.165, 1.54) is 18.5 Å². The Morgan fingerprint density at radius 1 is 1.31 bits per heavy atom. The van der Waals surface area contributed by atoms with Crippen LogP contribution in [0.5, 0.6) is 5.75 Å². The van der Waals surface area contributed by atoms with Gasteiger partial charge in [0.05, 0.1) is 13.2 Å². The molecule has 0 radical (unpaired) electrons. The molecule has 0 bridgehead atoms. The Balaban J connectivity index is 1.66. The molecule has 0 saturated carbocycles. The van der Waals surface area contributed by atoms with Crippen molar-refractivity contribution in [3.63, 3.8) is 0 Å². The number of anilines is 1. The molecule has 0 unspecified atom stereocenters. The van der Waals surface area contributed by atoms with Crippen molar-refractivity contribution in [1.29, 1.82) is 0 Å². The number of allylic oxidation sites excluding steroid dienone is 1. The van der Waals surface area contributed by atoms with Gasteiger partial charge in [0.25, 0.3) is 5.91 Å². The molecular formula is C25H32N2O2. The molecule has 0 aliphatic carbocycles. The first-order chi connectivity index (χ1) is 14.0. The molecule has 1 saturated heterocycles. The van der Waals surface area contributed by atoms with Gasteiger partial charge in [0.2, 0.25) is 0 Å². The molecule has 4 nitrogen and oxygen atoms in total. The van der Waals surface area contributed by atoms with E-state index in [1.54, 1.807) is 13.2 Å². The minimum absolute atomic E-state index is 0.0678. The van der Waals surface area contributed by atoms with E-state index in [9.17, 15) is 4.79 Å². The molecule has 4 heteroatoms. The average molecular weight is 393 g/mol. The first-order valence-electron chi connectivity index (χ1n) is 10.5. The highest BCUT2D eigenvalue weighted by Gasteiger charge is 2.17. The number of carbonyl (C=O) groups excluding carboxylic acids is 1. The number of methoxy groups -OCH3 is 1. The van der Waals surface area contributed by atoms with Gasteiger partial charge in [0.15, 0.2) is 0 Å². The van der Waals surface area contributed by atoms with Crippen molar-refractivity contribution in [3.8, 4) is 5.75 Å². The van der Waals surface area contributed by atoms with Crippen molar-refractivity contribution >= 4 is 11.6 Å². The number of nitrogens with zero attached hydrogens (tertiary/aromatic N) is 1. The summed E-state index contributed by atoms with van der Waals surface area (Å²) in [4.78, 5) is 15.2. The minimum atomic E-state index is -0.0839. The van der Waals surface area contributed by atoms with E-state index in [2.05, 4.69) is 48.0 Å². The Morgan fingerprint density at radius 2 is 2.07 bits per heavy atom. The third kappa shape index (κ3) is 5.20. The van der Waals surface area contributed by atoms with Crippen molar-refractivity contribution < 1.29 is 9.53 Å². The van der Waals surface area contributed by atoms with Gasteiger partial charge in [0.1, 0.15) is 5.75 Å². The Labute approximate surface area is 174 Å². The van der Waals surface area contributed by atoms with Crippen LogP contribution in [0.4, 0.5) is 5.69 Å². The van der Waals surface area contributed by atoms with Gasteiger partial charge in [-0.05, 0) is 73.6 Å². The molecule has 1 aliphatic heterocycles. The van der Waals surface area contributed by atoms with Gasteiger partial charge in [0, 0.05) is 24.3 Å². The highest BCUT2D eigenvalue weighted by molar-refractivity contribution is 5.94. The fourth-order valence-corrected chi connectivity index (χ4v) is 4.00. The Kier molecular flexibility index (Phi) is 6.97. The van der Waals surface area contributed by atoms with Gasteiger partial charge in [-0.1, -0.05) is 25.1 Å². The normalized spacial score (nSPS) is 17.5. The summed E-state index contributed by atoms with van der Waals surface area (Å²) in [5.74, 6) is 1.44. The highest BCUT2D eigenvalue weighted by atomic mass is 16.5. The first-order valence-corrected chi connectivity index (χ1v) is 10.5. The number of hydrogen-bond donors (Lipinski definition) is 1. The van der Waals surface area contributed by atoms with Crippen molar-refractivity contribution in [2.45, 2.75) is 39.2 Å². The number of ether oxygens (including phenoxy) is 1. The van der Waals surface area contributed by atoms with Crippen LogP contribution < -0.4 is 15.0 Å². The SMILES string of the molecule is C=CCc1cc(C(=O)N[C@@H](C)c2ccc(N3CCC[C@@H](C)C3)cc2)ccc1OC. The quantitative estimate of drug-likeness (QED) is 0.663. The van der Waals surface area contributed by atoms with E-state index < -0.39 is 0 Å². The van der Waals surface area contributed by atoms with Gasteiger partial charge >= 0.3 is 0 Å². The number of hydrogen-bond acceptors (Lipinski definition) is 3. The topological polar surface area (TPSA) is 41.6 Å². The predicted octanol–water partition coefficient (Wildman–Crippen LogP) is 5.15. The van der Waals surface area contributed by atoms with Gasteiger partial charge in [-0.3, -0.25) is 4.79 Å². The van der Waals surface area contributed by atoms with Crippen LogP contribution in [0.15, 0.2) is 55.1 Å². The lowest BCUT2D eigenvalue weighted by molar-refractivity contribution is 0.0939. The largest absolute Gasteiger partial charge is 0.496 e. The molecule has 0 spiro atoms. The number of carbonyl (C=O) groups is 1. The lowest BCUT2D eigenvalue weighted by atomic mass is 9.99. The van der Waals surface area contributed by atoms with Crippen LogP contribution in [-0.2, 0) is 6.42 Å². The minimum Gasteiger partial charge on any atom is -0.496 e.